The number of aromatic nitrogens is 2. The predicted octanol–water partition coefficient (Wildman–Crippen LogP) is 4.86. The number of carbonyl (C=O) groups is 1. The van der Waals surface area contributed by atoms with Crippen LogP contribution in [-0.4, -0.2) is 21.2 Å². The highest BCUT2D eigenvalue weighted by atomic mass is 79.9. The fourth-order valence-corrected chi connectivity index (χ4v) is 3.51. The van der Waals surface area contributed by atoms with E-state index < -0.39 is 5.91 Å². The van der Waals surface area contributed by atoms with Crippen LogP contribution in [0.2, 0.25) is 5.02 Å². The van der Waals surface area contributed by atoms with E-state index in [1.165, 1.54) is 0 Å². The first kappa shape index (κ1) is 18.9. The molecule has 134 valence electrons. The Morgan fingerprint density at radius 3 is 2.62 bits per heavy atom. The van der Waals surface area contributed by atoms with Gasteiger partial charge >= 0.3 is 11.8 Å². The number of benzene rings is 2. The van der Waals surface area contributed by atoms with Gasteiger partial charge in [-0.15, -0.1) is 0 Å². The first-order valence-corrected chi connectivity index (χ1v) is 9.37. The molecule has 0 saturated heterocycles. The van der Waals surface area contributed by atoms with Gasteiger partial charge in [-0.1, -0.05) is 28.9 Å². The zero-order valence-corrected chi connectivity index (χ0v) is 17.3. The minimum absolute atomic E-state index is 0.0634. The molecule has 9 heteroatoms. The molecule has 1 heterocycles. The summed E-state index contributed by atoms with van der Waals surface area (Å²) < 4.78 is 5.97. The van der Waals surface area contributed by atoms with Crippen molar-refractivity contribution in [2.24, 2.45) is 0 Å². The molecular weight excluding hydrogens is 489 g/mol. The lowest BCUT2D eigenvalue weighted by atomic mass is 10.1. The molecule has 0 aliphatic carbocycles. The van der Waals surface area contributed by atoms with Crippen LogP contribution in [-0.2, 0) is 6.54 Å². The zero-order chi connectivity index (χ0) is 18.8. The van der Waals surface area contributed by atoms with E-state index in [0.29, 0.717) is 26.1 Å². The van der Waals surface area contributed by atoms with Crippen LogP contribution in [0.25, 0.3) is 11.4 Å². The Bertz CT molecular complexity index is 968. The molecule has 0 radical (unpaired) electrons. The van der Waals surface area contributed by atoms with Crippen LogP contribution >= 0.6 is 43.5 Å². The fraction of sp³-hybridized carbons (Fsp3) is 0.118. The molecule has 0 bridgehead atoms. The van der Waals surface area contributed by atoms with Gasteiger partial charge in [-0.3, -0.25) is 4.79 Å². The molecule has 0 unspecified atom stereocenters. The first-order chi connectivity index (χ1) is 12.3. The van der Waals surface area contributed by atoms with Crippen molar-refractivity contribution in [1.29, 1.82) is 0 Å². The number of phenols is 1. The Hall–Kier alpha value is -1.90. The number of carbonyl (C=O) groups excluding carboxylic acids is 1. The van der Waals surface area contributed by atoms with E-state index in [2.05, 4.69) is 47.3 Å². The number of aryl methyl sites for hydroxylation is 1. The minimum Gasteiger partial charge on any atom is -0.506 e. The molecule has 0 atom stereocenters. The van der Waals surface area contributed by atoms with Gasteiger partial charge in [0.05, 0.1) is 8.95 Å². The molecule has 3 aromatic rings. The Kier molecular flexibility index (Phi) is 5.64. The van der Waals surface area contributed by atoms with Gasteiger partial charge in [-0.25, -0.2) is 0 Å². The topological polar surface area (TPSA) is 88.2 Å². The second kappa shape index (κ2) is 7.77. The largest absolute Gasteiger partial charge is 0.506 e. The van der Waals surface area contributed by atoms with E-state index >= 15 is 0 Å². The van der Waals surface area contributed by atoms with Crippen molar-refractivity contribution in [3.63, 3.8) is 0 Å². The molecule has 2 N–H and O–H groups in total. The average Bonchev–Trinajstić information content (AvgIpc) is 3.10. The second-order valence-corrected chi connectivity index (χ2v) is 7.59. The highest BCUT2D eigenvalue weighted by Gasteiger charge is 2.17. The number of hydrogen-bond donors (Lipinski definition) is 2. The van der Waals surface area contributed by atoms with Crippen molar-refractivity contribution in [3.05, 3.63) is 61.3 Å². The summed E-state index contributed by atoms with van der Waals surface area (Å²) in [7, 11) is 0. The number of hydrogen-bond acceptors (Lipinski definition) is 5. The normalized spacial score (nSPS) is 10.8. The van der Waals surface area contributed by atoms with E-state index in [1.807, 2.05) is 19.1 Å². The van der Waals surface area contributed by atoms with Gasteiger partial charge in [0.2, 0.25) is 5.82 Å². The summed E-state index contributed by atoms with van der Waals surface area (Å²) in [5, 5.41) is 17.0. The SMILES string of the molecule is Cc1cc(CNC(=O)c2nc(-c3cc(Br)c(O)c(Br)c3)no2)ccc1Cl. The minimum atomic E-state index is -0.478. The molecule has 3 rings (SSSR count). The van der Waals surface area contributed by atoms with E-state index in [0.717, 1.165) is 11.1 Å². The summed E-state index contributed by atoms with van der Waals surface area (Å²) in [5.41, 5.74) is 2.42. The number of amides is 1. The highest BCUT2D eigenvalue weighted by molar-refractivity contribution is 9.11. The summed E-state index contributed by atoms with van der Waals surface area (Å²) in [6.45, 7) is 2.21. The van der Waals surface area contributed by atoms with Gasteiger partial charge in [0.15, 0.2) is 0 Å². The Morgan fingerprint density at radius 2 is 1.96 bits per heavy atom. The summed E-state index contributed by atoms with van der Waals surface area (Å²) in [6, 6.07) is 8.77. The van der Waals surface area contributed by atoms with Crippen LogP contribution < -0.4 is 5.32 Å². The van der Waals surface area contributed by atoms with E-state index in [4.69, 9.17) is 16.1 Å². The number of aromatic hydroxyl groups is 1. The molecule has 0 fully saturated rings. The lowest BCUT2D eigenvalue weighted by molar-refractivity contribution is 0.0907. The third-order valence-electron chi connectivity index (χ3n) is 3.57. The standard InChI is InChI=1S/C17H12Br2ClN3O3/c1-8-4-9(2-3-13(8)20)7-21-16(25)17-22-15(23-26-17)10-5-11(18)14(24)12(19)6-10/h2-6,24H,7H2,1H3,(H,21,25). The number of rotatable bonds is 4. The van der Waals surface area contributed by atoms with Gasteiger partial charge in [0, 0.05) is 17.1 Å². The average molecular weight is 502 g/mol. The van der Waals surface area contributed by atoms with E-state index in [9.17, 15) is 9.90 Å². The molecule has 0 spiro atoms. The molecular formula is C17H12Br2ClN3O3. The van der Waals surface area contributed by atoms with Crippen molar-refractivity contribution in [3.8, 4) is 17.1 Å². The maximum atomic E-state index is 12.2. The van der Waals surface area contributed by atoms with Crippen LogP contribution in [0.15, 0.2) is 43.8 Å². The number of nitrogens with zero attached hydrogens (tertiary/aromatic N) is 2. The van der Waals surface area contributed by atoms with Gasteiger partial charge in [0.25, 0.3) is 0 Å². The predicted molar refractivity (Wildman–Crippen MR) is 104 cm³/mol. The summed E-state index contributed by atoms with van der Waals surface area (Å²) in [5.74, 6) is -0.327. The van der Waals surface area contributed by atoms with Crippen molar-refractivity contribution in [1.82, 2.24) is 15.5 Å². The molecule has 6 nitrogen and oxygen atoms in total. The summed E-state index contributed by atoms with van der Waals surface area (Å²) >= 11 is 12.5. The van der Waals surface area contributed by atoms with Crippen LogP contribution in [0, 0.1) is 6.92 Å². The second-order valence-electron chi connectivity index (χ2n) is 5.48. The van der Waals surface area contributed by atoms with Crippen molar-refractivity contribution >= 4 is 49.4 Å². The van der Waals surface area contributed by atoms with Crippen LogP contribution in [0.5, 0.6) is 5.75 Å². The van der Waals surface area contributed by atoms with Crippen LogP contribution in [0.4, 0.5) is 0 Å². The van der Waals surface area contributed by atoms with Crippen LogP contribution in [0.3, 0.4) is 0 Å². The molecule has 0 aliphatic rings. The summed E-state index contributed by atoms with van der Waals surface area (Å²) in [4.78, 5) is 16.3. The highest BCUT2D eigenvalue weighted by Crippen LogP contribution is 2.36. The van der Waals surface area contributed by atoms with Gasteiger partial charge in [-0.2, -0.15) is 4.98 Å². The van der Waals surface area contributed by atoms with E-state index in [-0.39, 0.29) is 17.5 Å². The first-order valence-electron chi connectivity index (χ1n) is 7.40. The smallest absolute Gasteiger partial charge is 0.316 e. The Morgan fingerprint density at radius 1 is 1.27 bits per heavy atom. The zero-order valence-electron chi connectivity index (χ0n) is 13.4. The van der Waals surface area contributed by atoms with Crippen molar-refractivity contribution in [2.45, 2.75) is 13.5 Å². The van der Waals surface area contributed by atoms with Crippen LogP contribution in [0.1, 0.15) is 21.8 Å². The van der Waals surface area contributed by atoms with Gasteiger partial charge < -0.3 is 14.9 Å². The number of phenolic OH excluding ortho intramolecular Hbond substituents is 1. The lowest BCUT2D eigenvalue weighted by Crippen LogP contribution is -2.23. The number of halogens is 3. The molecule has 26 heavy (non-hydrogen) atoms. The Balaban J connectivity index is 1.73. The summed E-state index contributed by atoms with van der Waals surface area (Å²) in [6.07, 6.45) is 0. The van der Waals surface area contributed by atoms with Gasteiger partial charge in [0.1, 0.15) is 5.75 Å². The number of nitrogens with one attached hydrogen (secondary N) is 1. The van der Waals surface area contributed by atoms with Gasteiger partial charge in [-0.05, 0) is 68.1 Å². The van der Waals surface area contributed by atoms with Crippen molar-refractivity contribution < 1.29 is 14.4 Å². The van der Waals surface area contributed by atoms with Crippen molar-refractivity contribution in [2.75, 3.05) is 0 Å². The third kappa shape index (κ3) is 4.08. The molecule has 0 aliphatic heterocycles. The molecule has 1 amide bonds. The molecule has 1 aromatic heterocycles. The monoisotopic (exact) mass is 499 g/mol. The lowest BCUT2D eigenvalue weighted by Gasteiger charge is -2.05. The quantitative estimate of drug-likeness (QED) is 0.533. The molecule has 2 aromatic carbocycles. The Labute approximate surface area is 170 Å². The third-order valence-corrected chi connectivity index (χ3v) is 5.20. The maximum absolute atomic E-state index is 12.2. The maximum Gasteiger partial charge on any atom is 0.316 e. The fourth-order valence-electron chi connectivity index (χ4n) is 2.20. The molecule has 0 saturated carbocycles. The van der Waals surface area contributed by atoms with E-state index in [1.54, 1.807) is 18.2 Å².